The quantitative estimate of drug-likeness (QED) is 0.273. The Hall–Kier alpha value is -2.72. The zero-order chi connectivity index (χ0) is 21.5. The zero-order valence-corrected chi connectivity index (χ0v) is 19.5. The third-order valence-corrected chi connectivity index (χ3v) is 8.53. The second-order valence-corrected chi connectivity index (χ2v) is 11.3. The van der Waals surface area contributed by atoms with Crippen molar-refractivity contribution in [3.63, 3.8) is 0 Å². The summed E-state index contributed by atoms with van der Waals surface area (Å²) < 4.78 is 7.53. The summed E-state index contributed by atoms with van der Waals surface area (Å²) in [6, 6.07) is 12.7. The van der Waals surface area contributed by atoms with E-state index in [1.807, 2.05) is 24.3 Å². The Labute approximate surface area is 186 Å². The molecule has 1 aliphatic rings. The molecule has 0 saturated heterocycles. The van der Waals surface area contributed by atoms with Crippen LogP contribution in [0.3, 0.4) is 0 Å². The molecule has 4 aromatic heterocycles. The van der Waals surface area contributed by atoms with Crippen LogP contribution in [0.1, 0.15) is 56.7 Å². The number of para-hydroxylation sites is 1. The molecule has 5 aromatic rings. The van der Waals surface area contributed by atoms with Gasteiger partial charge >= 0.3 is 0 Å². The second kappa shape index (κ2) is 6.17. The normalized spacial score (nSPS) is 17.5. The Balaban J connectivity index is 1.63. The average Bonchev–Trinajstić information content (AvgIpc) is 3.30. The van der Waals surface area contributed by atoms with Crippen LogP contribution < -0.4 is 0 Å². The summed E-state index contributed by atoms with van der Waals surface area (Å²) >= 11 is 1.93. The lowest BCUT2D eigenvalue weighted by Crippen LogP contribution is -2.32. The van der Waals surface area contributed by atoms with Gasteiger partial charge in [-0.25, -0.2) is 4.98 Å². The minimum atomic E-state index is 0.175. The van der Waals surface area contributed by atoms with E-state index in [0.29, 0.717) is 5.71 Å². The van der Waals surface area contributed by atoms with Crippen LogP contribution in [0.25, 0.3) is 43.4 Å². The van der Waals surface area contributed by atoms with Gasteiger partial charge in [-0.1, -0.05) is 39.8 Å². The molecule has 0 bridgehead atoms. The number of rotatable bonds is 1. The first-order chi connectivity index (χ1) is 14.7. The number of thiophene rings is 1. The van der Waals surface area contributed by atoms with Crippen LogP contribution in [-0.4, -0.2) is 9.97 Å². The molecule has 31 heavy (non-hydrogen) atoms. The predicted molar refractivity (Wildman–Crippen MR) is 130 cm³/mol. The van der Waals surface area contributed by atoms with Gasteiger partial charge in [0, 0.05) is 38.5 Å². The minimum Gasteiger partial charge on any atom is -0.437 e. The summed E-state index contributed by atoms with van der Waals surface area (Å²) in [5.74, 6) is 0. The summed E-state index contributed by atoms with van der Waals surface area (Å²) in [6.07, 6.45) is 4.50. The molecule has 0 amide bonds. The van der Waals surface area contributed by atoms with Crippen LogP contribution in [0.15, 0.2) is 47.0 Å². The van der Waals surface area contributed by atoms with Crippen LogP contribution >= 0.6 is 11.3 Å². The molecule has 0 N–H and O–H groups in total. The molecule has 4 heterocycles. The smallest absolute Gasteiger partial charge is 0.227 e. The number of nitrogens with zero attached hydrogens (tertiary/aromatic N) is 2. The molecular weight excluding hydrogens is 400 g/mol. The summed E-state index contributed by atoms with van der Waals surface area (Å²) in [5.41, 5.74) is 6.43. The minimum absolute atomic E-state index is 0.175. The summed E-state index contributed by atoms with van der Waals surface area (Å²) in [6.45, 7) is 11.5. The lowest BCUT2D eigenvalue weighted by atomic mass is 9.66. The molecule has 0 aliphatic heterocycles. The van der Waals surface area contributed by atoms with Crippen LogP contribution in [0.2, 0.25) is 0 Å². The molecule has 0 saturated carbocycles. The van der Waals surface area contributed by atoms with Gasteiger partial charge in [0.05, 0.1) is 10.4 Å². The monoisotopic (exact) mass is 426 g/mol. The molecular formula is C27H26N2OS. The standard InChI is InChI=1S/C27H26N2OS/c1-15-9-10-17-16-7-6-8-18(23(16)30-25(17)29-15)20-13-19-21(14-28-20)31-24-22(19)26(2,3)11-12-27(24,4)5/h6-10,13-14H,11-12H2,1-5H3. The van der Waals surface area contributed by atoms with Gasteiger partial charge in [0.15, 0.2) is 0 Å². The number of fused-ring (bicyclic) bond motifs is 6. The molecule has 6 rings (SSSR count). The van der Waals surface area contributed by atoms with E-state index in [1.165, 1.54) is 33.4 Å². The number of benzene rings is 1. The van der Waals surface area contributed by atoms with Crippen molar-refractivity contribution in [1.29, 1.82) is 0 Å². The maximum absolute atomic E-state index is 6.25. The van der Waals surface area contributed by atoms with Crippen molar-refractivity contribution < 1.29 is 4.42 Å². The van der Waals surface area contributed by atoms with Gasteiger partial charge in [0.2, 0.25) is 5.71 Å². The highest BCUT2D eigenvalue weighted by atomic mass is 32.1. The first-order valence-electron chi connectivity index (χ1n) is 11.0. The maximum Gasteiger partial charge on any atom is 0.227 e. The predicted octanol–water partition coefficient (Wildman–Crippen LogP) is 7.92. The van der Waals surface area contributed by atoms with Gasteiger partial charge in [-0.3, -0.25) is 4.98 Å². The highest BCUT2D eigenvalue weighted by molar-refractivity contribution is 7.19. The van der Waals surface area contributed by atoms with Crippen molar-refractivity contribution in [3.05, 3.63) is 58.7 Å². The fourth-order valence-corrected chi connectivity index (χ4v) is 6.60. The first kappa shape index (κ1) is 19.0. The molecule has 4 heteroatoms. The summed E-state index contributed by atoms with van der Waals surface area (Å²) in [5, 5.41) is 3.50. The molecule has 156 valence electrons. The number of aryl methyl sites for hydroxylation is 1. The van der Waals surface area contributed by atoms with Gasteiger partial charge in [0.25, 0.3) is 0 Å². The van der Waals surface area contributed by atoms with E-state index in [0.717, 1.165) is 33.3 Å². The number of pyridine rings is 2. The van der Waals surface area contributed by atoms with Gasteiger partial charge in [-0.2, -0.15) is 0 Å². The van der Waals surface area contributed by atoms with Crippen molar-refractivity contribution in [3.8, 4) is 11.3 Å². The van der Waals surface area contributed by atoms with E-state index in [-0.39, 0.29) is 10.8 Å². The Morgan fingerprint density at radius 3 is 2.58 bits per heavy atom. The number of hydrogen-bond donors (Lipinski definition) is 0. The Morgan fingerprint density at radius 2 is 1.74 bits per heavy atom. The second-order valence-electron chi connectivity index (χ2n) is 10.2. The number of hydrogen-bond acceptors (Lipinski definition) is 4. The Bertz CT molecular complexity index is 1500. The largest absolute Gasteiger partial charge is 0.437 e. The molecule has 0 fully saturated rings. The average molecular weight is 427 g/mol. The van der Waals surface area contributed by atoms with E-state index in [2.05, 4.69) is 69.2 Å². The molecule has 3 nitrogen and oxygen atoms in total. The van der Waals surface area contributed by atoms with Crippen molar-refractivity contribution in [2.24, 2.45) is 0 Å². The van der Waals surface area contributed by atoms with Crippen molar-refractivity contribution in [2.75, 3.05) is 0 Å². The SMILES string of the molecule is Cc1ccc2c(n1)oc1c(-c3cc4c5c(sc4cn3)C(C)(C)CCC5(C)C)cccc12. The number of aromatic nitrogens is 2. The van der Waals surface area contributed by atoms with Crippen molar-refractivity contribution >= 4 is 43.5 Å². The van der Waals surface area contributed by atoms with Crippen LogP contribution in [0.4, 0.5) is 0 Å². The van der Waals surface area contributed by atoms with Crippen molar-refractivity contribution in [2.45, 2.75) is 58.3 Å². The van der Waals surface area contributed by atoms with Crippen LogP contribution in [-0.2, 0) is 10.8 Å². The lowest BCUT2D eigenvalue weighted by Gasteiger charge is -2.39. The molecule has 1 aliphatic carbocycles. The third-order valence-electron chi connectivity index (χ3n) is 7.02. The molecule has 0 radical (unpaired) electrons. The molecule has 1 aromatic carbocycles. The van der Waals surface area contributed by atoms with Gasteiger partial charge < -0.3 is 4.42 Å². The Kier molecular flexibility index (Phi) is 3.78. The fraction of sp³-hybridized carbons (Fsp3) is 0.333. The fourth-order valence-electron chi connectivity index (χ4n) is 5.14. The first-order valence-corrected chi connectivity index (χ1v) is 11.8. The van der Waals surface area contributed by atoms with E-state index >= 15 is 0 Å². The zero-order valence-electron chi connectivity index (χ0n) is 18.7. The highest BCUT2D eigenvalue weighted by Crippen LogP contribution is 2.52. The summed E-state index contributed by atoms with van der Waals surface area (Å²) in [4.78, 5) is 11.0. The van der Waals surface area contributed by atoms with Crippen LogP contribution in [0, 0.1) is 6.92 Å². The maximum atomic E-state index is 6.25. The van der Waals surface area contributed by atoms with E-state index in [4.69, 9.17) is 9.40 Å². The van der Waals surface area contributed by atoms with Gasteiger partial charge in [0.1, 0.15) is 5.58 Å². The highest BCUT2D eigenvalue weighted by Gasteiger charge is 2.40. The van der Waals surface area contributed by atoms with E-state index in [9.17, 15) is 0 Å². The van der Waals surface area contributed by atoms with Gasteiger partial charge in [-0.15, -0.1) is 11.3 Å². The Morgan fingerprint density at radius 1 is 0.935 bits per heavy atom. The summed E-state index contributed by atoms with van der Waals surface area (Å²) in [7, 11) is 0. The van der Waals surface area contributed by atoms with Crippen LogP contribution in [0.5, 0.6) is 0 Å². The molecule has 0 atom stereocenters. The van der Waals surface area contributed by atoms with E-state index in [1.54, 1.807) is 0 Å². The molecule has 0 unspecified atom stereocenters. The third kappa shape index (κ3) is 2.71. The lowest BCUT2D eigenvalue weighted by molar-refractivity contribution is 0.341. The topological polar surface area (TPSA) is 38.9 Å². The van der Waals surface area contributed by atoms with E-state index < -0.39 is 0 Å². The van der Waals surface area contributed by atoms with Gasteiger partial charge in [-0.05, 0) is 60.4 Å². The van der Waals surface area contributed by atoms with Crippen molar-refractivity contribution in [1.82, 2.24) is 9.97 Å². The number of furan rings is 1. The molecule has 0 spiro atoms.